The molecule has 1 N–H and O–H groups in total. The van der Waals surface area contributed by atoms with Gasteiger partial charge in [-0.05, 0) is 24.1 Å². The molecule has 0 bridgehead atoms. The van der Waals surface area contributed by atoms with Crippen LogP contribution < -0.4 is 0 Å². The van der Waals surface area contributed by atoms with E-state index in [-0.39, 0.29) is 18.5 Å². The summed E-state index contributed by atoms with van der Waals surface area (Å²) in [6.45, 7) is -0.0226. The highest BCUT2D eigenvalue weighted by molar-refractivity contribution is 5.94. The lowest BCUT2D eigenvalue weighted by atomic mass is 10.0. The van der Waals surface area contributed by atoms with E-state index < -0.39 is 35.8 Å². The first-order valence-electron chi connectivity index (χ1n) is 7.14. The van der Waals surface area contributed by atoms with E-state index in [4.69, 9.17) is 0 Å². The Hall–Kier alpha value is -2.35. The summed E-state index contributed by atoms with van der Waals surface area (Å²) in [5, 5.41) is 9.80. The second kappa shape index (κ2) is 7.04. The van der Waals surface area contributed by atoms with Crippen LogP contribution in [0.25, 0.3) is 0 Å². The average molecular weight is 343 g/mol. The smallest absolute Gasteiger partial charge is 0.416 e. The molecule has 5 nitrogen and oxygen atoms in total. The number of nitrogens with zero attached hydrogens (tertiary/aromatic N) is 1. The normalized spacial score (nSPS) is 21.3. The number of halogens is 3. The van der Waals surface area contributed by atoms with E-state index in [0.717, 1.165) is 31.4 Å². The fourth-order valence-corrected chi connectivity index (χ4v) is 2.60. The predicted octanol–water partition coefficient (Wildman–Crippen LogP) is 2.07. The van der Waals surface area contributed by atoms with E-state index in [9.17, 15) is 27.9 Å². The molecule has 2 unspecified atom stereocenters. The number of hydrogen-bond donors (Lipinski definition) is 1. The highest BCUT2D eigenvalue weighted by Crippen LogP contribution is 2.36. The lowest BCUT2D eigenvalue weighted by molar-refractivity contribution is -0.138. The van der Waals surface area contributed by atoms with Crippen molar-refractivity contribution in [2.24, 2.45) is 0 Å². The topological polar surface area (TPSA) is 66.8 Å². The number of aliphatic hydroxyl groups is 1. The minimum atomic E-state index is -4.49. The zero-order valence-corrected chi connectivity index (χ0v) is 12.8. The van der Waals surface area contributed by atoms with Gasteiger partial charge in [0.15, 0.2) is 0 Å². The van der Waals surface area contributed by atoms with Crippen molar-refractivity contribution in [2.75, 3.05) is 13.7 Å². The largest absolute Gasteiger partial charge is 0.466 e. The van der Waals surface area contributed by atoms with Crippen LogP contribution >= 0.6 is 0 Å². The lowest BCUT2D eigenvalue weighted by Crippen LogP contribution is -2.30. The number of likely N-dealkylation sites (tertiary alicyclic amines) is 1. The fraction of sp³-hybridized carbons (Fsp3) is 0.375. The van der Waals surface area contributed by atoms with E-state index in [1.54, 1.807) is 0 Å². The van der Waals surface area contributed by atoms with E-state index in [1.807, 2.05) is 0 Å². The summed E-state index contributed by atoms with van der Waals surface area (Å²) in [4.78, 5) is 24.5. The number of alkyl halides is 3. The van der Waals surface area contributed by atoms with Gasteiger partial charge in [0.25, 0.3) is 0 Å². The maximum atomic E-state index is 12.8. The molecule has 1 saturated heterocycles. The van der Waals surface area contributed by atoms with Crippen LogP contribution in [0.3, 0.4) is 0 Å². The SMILES string of the molecule is COC(=O)/C=C/C(=O)N1CC(O)CC1c1cccc(C(F)(F)F)c1. The number of ether oxygens (including phenoxy) is 1. The third-order valence-electron chi connectivity index (χ3n) is 3.72. The first kappa shape index (κ1) is 18.0. The van der Waals surface area contributed by atoms with Crippen LogP contribution in [-0.2, 0) is 20.5 Å². The molecule has 1 heterocycles. The molecular weight excluding hydrogens is 327 g/mol. The number of methoxy groups -OCH3 is 1. The molecule has 1 aliphatic heterocycles. The second-order valence-electron chi connectivity index (χ2n) is 5.38. The molecule has 1 aromatic carbocycles. The van der Waals surface area contributed by atoms with Crippen molar-refractivity contribution in [2.45, 2.75) is 24.7 Å². The standard InChI is InChI=1S/C16H16F3NO4/c1-24-15(23)6-5-14(22)20-9-12(21)8-13(20)10-3-2-4-11(7-10)16(17,18)19/h2-7,12-13,21H,8-9H2,1H3/b6-5+. The second-order valence-corrected chi connectivity index (χ2v) is 5.38. The maximum Gasteiger partial charge on any atom is 0.416 e. The van der Waals surface area contributed by atoms with Gasteiger partial charge in [-0.1, -0.05) is 12.1 Å². The van der Waals surface area contributed by atoms with Gasteiger partial charge in [-0.15, -0.1) is 0 Å². The summed E-state index contributed by atoms with van der Waals surface area (Å²) in [6.07, 6.45) is -3.31. The van der Waals surface area contributed by atoms with Gasteiger partial charge in [0.1, 0.15) is 0 Å². The lowest BCUT2D eigenvalue weighted by Gasteiger charge is -2.24. The van der Waals surface area contributed by atoms with Gasteiger partial charge < -0.3 is 14.7 Å². The number of hydrogen-bond acceptors (Lipinski definition) is 4. The van der Waals surface area contributed by atoms with Crippen LogP contribution in [0, 0.1) is 0 Å². The Morgan fingerprint density at radius 2 is 2.04 bits per heavy atom. The summed E-state index contributed by atoms with van der Waals surface area (Å²) < 4.78 is 42.9. The molecule has 8 heteroatoms. The van der Waals surface area contributed by atoms with Gasteiger partial charge >= 0.3 is 12.1 Å². The number of rotatable bonds is 3. The summed E-state index contributed by atoms with van der Waals surface area (Å²) >= 11 is 0. The van der Waals surface area contributed by atoms with Crippen molar-refractivity contribution in [1.82, 2.24) is 4.90 Å². The van der Waals surface area contributed by atoms with Gasteiger partial charge in [0, 0.05) is 18.7 Å². The zero-order chi connectivity index (χ0) is 17.9. The third-order valence-corrected chi connectivity index (χ3v) is 3.72. The molecule has 0 radical (unpaired) electrons. The van der Waals surface area contributed by atoms with Gasteiger partial charge in [-0.3, -0.25) is 4.79 Å². The van der Waals surface area contributed by atoms with Crippen LogP contribution in [0.15, 0.2) is 36.4 Å². The third kappa shape index (κ3) is 4.14. The average Bonchev–Trinajstić information content (AvgIpc) is 2.93. The van der Waals surface area contributed by atoms with Gasteiger partial charge in [0.2, 0.25) is 5.91 Å². The molecule has 0 aromatic heterocycles. The molecule has 1 aromatic rings. The van der Waals surface area contributed by atoms with E-state index in [1.165, 1.54) is 17.0 Å². The molecule has 2 rings (SSSR count). The van der Waals surface area contributed by atoms with Gasteiger partial charge in [-0.25, -0.2) is 4.79 Å². The Balaban J connectivity index is 2.26. The van der Waals surface area contributed by atoms with Crippen LogP contribution in [0.1, 0.15) is 23.6 Å². The Morgan fingerprint density at radius 1 is 1.33 bits per heavy atom. The Morgan fingerprint density at radius 3 is 2.67 bits per heavy atom. The maximum absolute atomic E-state index is 12.8. The van der Waals surface area contributed by atoms with Crippen molar-refractivity contribution in [3.05, 3.63) is 47.5 Å². The molecule has 0 spiro atoms. The molecule has 1 aliphatic rings. The molecule has 0 aliphatic carbocycles. The zero-order valence-electron chi connectivity index (χ0n) is 12.8. The van der Waals surface area contributed by atoms with Crippen molar-refractivity contribution in [3.63, 3.8) is 0 Å². The Labute approximate surface area is 136 Å². The molecule has 2 atom stereocenters. The summed E-state index contributed by atoms with van der Waals surface area (Å²) in [6, 6.07) is 3.94. The number of aliphatic hydroxyl groups excluding tert-OH is 1. The molecular formula is C16H16F3NO4. The van der Waals surface area contributed by atoms with E-state index in [0.29, 0.717) is 0 Å². The van der Waals surface area contributed by atoms with Crippen molar-refractivity contribution < 1.29 is 32.6 Å². The summed E-state index contributed by atoms with van der Waals surface area (Å²) in [7, 11) is 1.15. The molecule has 24 heavy (non-hydrogen) atoms. The number of benzene rings is 1. The van der Waals surface area contributed by atoms with Crippen LogP contribution in [0.2, 0.25) is 0 Å². The van der Waals surface area contributed by atoms with Crippen LogP contribution in [0.4, 0.5) is 13.2 Å². The predicted molar refractivity (Wildman–Crippen MR) is 77.7 cm³/mol. The number of β-amino-alcohol motifs (C(OH)–C–C–N with tert-alkyl or cyclic N) is 1. The van der Waals surface area contributed by atoms with Gasteiger partial charge in [-0.2, -0.15) is 13.2 Å². The quantitative estimate of drug-likeness (QED) is 0.674. The highest BCUT2D eigenvalue weighted by atomic mass is 19.4. The minimum Gasteiger partial charge on any atom is -0.466 e. The first-order valence-corrected chi connectivity index (χ1v) is 7.14. The Bertz CT molecular complexity index is 657. The molecule has 130 valence electrons. The number of carbonyl (C=O) groups excluding carboxylic acids is 2. The number of carbonyl (C=O) groups is 2. The fourth-order valence-electron chi connectivity index (χ4n) is 2.60. The number of amides is 1. The summed E-state index contributed by atoms with van der Waals surface area (Å²) in [5.41, 5.74) is -0.542. The van der Waals surface area contributed by atoms with Gasteiger partial charge in [0.05, 0.1) is 24.8 Å². The molecule has 0 saturated carbocycles. The van der Waals surface area contributed by atoms with E-state index in [2.05, 4.69) is 4.74 Å². The monoisotopic (exact) mass is 343 g/mol. The highest BCUT2D eigenvalue weighted by Gasteiger charge is 2.36. The van der Waals surface area contributed by atoms with Crippen molar-refractivity contribution in [1.29, 1.82) is 0 Å². The summed E-state index contributed by atoms with van der Waals surface area (Å²) in [5.74, 6) is -1.31. The van der Waals surface area contributed by atoms with Crippen LogP contribution in [-0.4, -0.2) is 41.6 Å². The molecule has 1 amide bonds. The Kier molecular flexibility index (Phi) is 5.28. The molecule has 1 fully saturated rings. The van der Waals surface area contributed by atoms with E-state index >= 15 is 0 Å². The first-order chi connectivity index (χ1) is 11.2. The minimum absolute atomic E-state index is 0.0226. The number of esters is 1. The van der Waals surface area contributed by atoms with Crippen molar-refractivity contribution in [3.8, 4) is 0 Å². The van der Waals surface area contributed by atoms with Crippen molar-refractivity contribution >= 4 is 11.9 Å². The van der Waals surface area contributed by atoms with Crippen LogP contribution in [0.5, 0.6) is 0 Å².